The fourth-order valence-corrected chi connectivity index (χ4v) is 3.61. The molecule has 21 heavy (non-hydrogen) atoms. The average molecular weight is 301 g/mol. The molecule has 0 spiro atoms. The minimum atomic E-state index is -0.442. The number of rotatable bonds is 5. The van der Waals surface area contributed by atoms with E-state index >= 15 is 0 Å². The summed E-state index contributed by atoms with van der Waals surface area (Å²) >= 11 is 1.38. The quantitative estimate of drug-likeness (QED) is 0.793. The van der Waals surface area contributed by atoms with Crippen LogP contribution in [0.5, 0.6) is 0 Å². The van der Waals surface area contributed by atoms with Crippen LogP contribution in [0.15, 0.2) is 24.3 Å². The van der Waals surface area contributed by atoms with Crippen molar-refractivity contribution >= 4 is 27.9 Å². The summed E-state index contributed by atoms with van der Waals surface area (Å²) in [5, 5.41) is 4.42. The molecule has 110 valence electrons. The standard InChI is InChI=1S/C16H19N3OS/c1-9-3-2-4-10(7-9)8-19-16-12(11-5-6-11)13(17)14(21-16)15(18)20/h2-4,7,11,19H,5-6,8,17H2,1H3,(H2,18,20). The van der Waals surface area contributed by atoms with Gasteiger partial charge in [-0.05, 0) is 31.2 Å². The normalized spacial score (nSPS) is 14.1. The summed E-state index contributed by atoms with van der Waals surface area (Å²) in [6, 6.07) is 8.36. The molecular formula is C16H19N3OS. The number of hydrogen-bond donors (Lipinski definition) is 3. The number of anilines is 2. The lowest BCUT2D eigenvalue weighted by atomic mass is 10.1. The fourth-order valence-electron chi connectivity index (χ4n) is 2.55. The first kappa shape index (κ1) is 13.9. The first-order valence-corrected chi connectivity index (χ1v) is 7.89. The molecule has 1 aromatic carbocycles. The van der Waals surface area contributed by atoms with Crippen molar-refractivity contribution in [2.75, 3.05) is 11.1 Å². The van der Waals surface area contributed by atoms with E-state index in [1.807, 2.05) is 6.07 Å². The Balaban J connectivity index is 1.84. The first-order valence-electron chi connectivity index (χ1n) is 7.07. The number of thiophene rings is 1. The van der Waals surface area contributed by atoms with Gasteiger partial charge in [0.1, 0.15) is 4.88 Å². The first-order chi connectivity index (χ1) is 10.1. The molecule has 2 aromatic rings. The van der Waals surface area contributed by atoms with Gasteiger partial charge in [0.05, 0.1) is 10.7 Å². The van der Waals surface area contributed by atoms with Gasteiger partial charge in [-0.25, -0.2) is 0 Å². The van der Waals surface area contributed by atoms with E-state index in [0.717, 1.165) is 30.0 Å². The number of nitrogens with one attached hydrogen (secondary N) is 1. The summed E-state index contributed by atoms with van der Waals surface area (Å²) in [6.45, 7) is 2.80. The number of primary amides is 1. The molecule has 1 aliphatic carbocycles. The predicted molar refractivity (Wildman–Crippen MR) is 87.7 cm³/mol. The molecule has 1 heterocycles. The largest absolute Gasteiger partial charge is 0.397 e. The van der Waals surface area contributed by atoms with Crippen molar-refractivity contribution in [1.29, 1.82) is 0 Å². The van der Waals surface area contributed by atoms with Gasteiger partial charge in [-0.1, -0.05) is 29.8 Å². The summed E-state index contributed by atoms with van der Waals surface area (Å²) in [7, 11) is 0. The van der Waals surface area contributed by atoms with Crippen LogP contribution in [-0.2, 0) is 6.54 Å². The van der Waals surface area contributed by atoms with Gasteiger partial charge in [-0.2, -0.15) is 0 Å². The second kappa shape index (κ2) is 5.41. The smallest absolute Gasteiger partial charge is 0.260 e. The highest BCUT2D eigenvalue weighted by Gasteiger charge is 2.32. The Morgan fingerprint density at radius 3 is 2.81 bits per heavy atom. The predicted octanol–water partition coefficient (Wildman–Crippen LogP) is 3.23. The molecule has 0 bridgehead atoms. The van der Waals surface area contributed by atoms with Crippen LogP contribution >= 0.6 is 11.3 Å². The van der Waals surface area contributed by atoms with Crippen molar-refractivity contribution in [3.63, 3.8) is 0 Å². The Bertz CT molecular complexity index is 689. The molecule has 5 N–H and O–H groups in total. The third-order valence-corrected chi connectivity index (χ3v) is 4.92. The molecule has 3 rings (SSSR count). The summed E-state index contributed by atoms with van der Waals surface area (Å²) in [5.74, 6) is 0.0392. The van der Waals surface area contributed by atoms with Crippen molar-refractivity contribution in [2.24, 2.45) is 5.73 Å². The third-order valence-electron chi connectivity index (χ3n) is 3.73. The fraction of sp³-hybridized carbons (Fsp3) is 0.312. The van der Waals surface area contributed by atoms with E-state index in [1.165, 1.54) is 22.5 Å². The SMILES string of the molecule is Cc1cccc(CNc2sc(C(N)=O)c(N)c2C2CC2)c1. The monoisotopic (exact) mass is 301 g/mol. The summed E-state index contributed by atoms with van der Waals surface area (Å²) in [4.78, 5) is 11.9. The Morgan fingerprint density at radius 2 is 2.19 bits per heavy atom. The van der Waals surface area contributed by atoms with Gasteiger partial charge >= 0.3 is 0 Å². The minimum Gasteiger partial charge on any atom is -0.397 e. The second-order valence-corrected chi connectivity index (χ2v) is 6.59. The molecule has 0 saturated heterocycles. The lowest BCUT2D eigenvalue weighted by Gasteiger charge is -2.08. The zero-order chi connectivity index (χ0) is 15.0. The molecule has 4 nitrogen and oxygen atoms in total. The number of nitrogens with two attached hydrogens (primary N) is 2. The number of carbonyl (C=O) groups excluding carboxylic acids is 1. The zero-order valence-electron chi connectivity index (χ0n) is 12.0. The number of amides is 1. The molecule has 1 aromatic heterocycles. The molecule has 5 heteroatoms. The lowest BCUT2D eigenvalue weighted by Crippen LogP contribution is -2.11. The maximum absolute atomic E-state index is 11.5. The van der Waals surface area contributed by atoms with E-state index in [4.69, 9.17) is 11.5 Å². The van der Waals surface area contributed by atoms with Gasteiger partial charge in [0.15, 0.2) is 0 Å². The number of aryl methyl sites for hydroxylation is 1. The number of hydrogen-bond acceptors (Lipinski definition) is 4. The minimum absolute atomic E-state index is 0.442. The highest BCUT2D eigenvalue weighted by molar-refractivity contribution is 7.18. The van der Waals surface area contributed by atoms with Gasteiger partial charge in [0.25, 0.3) is 5.91 Å². The van der Waals surface area contributed by atoms with Crippen molar-refractivity contribution in [3.05, 3.63) is 45.8 Å². The Hall–Kier alpha value is -2.01. The van der Waals surface area contributed by atoms with Crippen LogP contribution in [0, 0.1) is 6.92 Å². The Morgan fingerprint density at radius 1 is 1.43 bits per heavy atom. The van der Waals surface area contributed by atoms with E-state index in [2.05, 4.69) is 30.4 Å². The van der Waals surface area contributed by atoms with E-state index in [0.29, 0.717) is 16.5 Å². The van der Waals surface area contributed by atoms with Gasteiger partial charge in [0.2, 0.25) is 0 Å². The lowest BCUT2D eigenvalue weighted by molar-refractivity contribution is 0.100. The van der Waals surface area contributed by atoms with Crippen LogP contribution in [0.1, 0.15) is 45.1 Å². The molecule has 1 amide bonds. The highest BCUT2D eigenvalue weighted by Crippen LogP contribution is 2.50. The third kappa shape index (κ3) is 2.88. The maximum atomic E-state index is 11.5. The number of benzene rings is 1. The number of carbonyl (C=O) groups is 1. The Kier molecular flexibility index (Phi) is 3.59. The molecule has 1 saturated carbocycles. The Labute approximate surface area is 128 Å². The van der Waals surface area contributed by atoms with Gasteiger partial charge < -0.3 is 16.8 Å². The van der Waals surface area contributed by atoms with Crippen LogP contribution in [-0.4, -0.2) is 5.91 Å². The maximum Gasteiger partial charge on any atom is 0.260 e. The molecule has 0 aliphatic heterocycles. The van der Waals surface area contributed by atoms with E-state index in [-0.39, 0.29) is 0 Å². The summed E-state index contributed by atoms with van der Waals surface area (Å²) in [5.41, 5.74) is 15.6. The van der Waals surface area contributed by atoms with E-state index < -0.39 is 5.91 Å². The van der Waals surface area contributed by atoms with Crippen LogP contribution in [0.4, 0.5) is 10.7 Å². The average Bonchev–Trinajstić information content (AvgIpc) is 3.20. The molecule has 0 radical (unpaired) electrons. The van der Waals surface area contributed by atoms with Crippen LogP contribution in [0.25, 0.3) is 0 Å². The van der Waals surface area contributed by atoms with Crippen molar-refractivity contribution in [2.45, 2.75) is 32.2 Å². The molecule has 0 unspecified atom stereocenters. The van der Waals surface area contributed by atoms with Crippen LogP contribution in [0.3, 0.4) is 0 Å². The van der Waals surface area contributed by atoms with Crippen LogP contribution in [0.2, 0.25) is 0 Å². The van der Waals surface area contributed by atoms with E-state index in [9.17, 15) is 4.79 Å². The van der Waals surface area contributed by atoms with Gasteiger partial charge in [-0.15, -0.1) is 11.3 Å². The summed E-state index contributed by atoms with van der Waals surface area (Å²) in [6.07, 6.45) is 2.27. The van der Waals surface area contributed by atoms with Gasteiger partial charge in [-0.3, -0.25) is 4.79 Å². The number of nitrogen functional groups attached to an aromatic ring is 1. The van der Waals surface area contributed by atoms with Crippen LogP contribution < -0.4 is 16.8 Å². The van der Waals surface area contributed by atoms with Crippen molar-refractivity contribution in [3.8, 4) is 0 Å². The van der Waals surface area contributed by atoms with E-state index in [1.54, 1.807) is 0 Å². The summed E-state index contributed by atoms with van der Waals surface area (Å²) < 4.78 is 0. The van der Waals surface area contributed by atoms with Crippen molar-refractivity contribution < 1.29 is 4.79 Å². The molecular weight excluding hydrogens is 282 g/mol. The molecule has 1 fully saturated rings. The second-order valence-electron chi connectivity index (χ2n) is 5.57. The molecule has 0 atom stereocenters. The zero-order valence-corrected chi connectivity index (χ0v) is 12.8. The molecule has 1 aliphatic rings. The highest BCUT2D eigenvalue weighted by atomic mass is 32.1. The van der Waals surface area contributed by atoms with Gasteiger partial charge in [0, 0.05) is 12.1 Å². The topological polar surface area (TPSA) is 81.1 Å². The van der Waals surface area contributed by atoms with Crippen molar-refractivity contribution in [1.82, 2.24) is 0 Å².